The molecule has 2 aliphatic carbocycles. The van der Waals surface area contributed by atoms with Gasteiger partial charge in [0.1, 0.15) is 5.75 Å². The van der Waals surface area contributed by atoms with E-state index < -0.39 is 0 Å². The number of fused-ring (bicyclic) bond motifs is 1. The summed E-state index contributed by atoms with van der Waals surface area (Å²) < 4.78 is 6.19. The average Bonchev–Trinajstić information content (AvgIpc) is 2.74. The lowest BCUT2D eigenvalue weighted by molar-refractivity contribution is 0.153. The first-order valence-corrected chi connectivity index (χ1v) is 6.88. The van der Waals surface area contributed by atoms with Gasteiger partial charge in [0.2, 0.25) is 0 Å². The van der Waals surface area contributed by atoms with Crippen molar-refractivity contribution in [3.63, 3.8) is 0 Å². The second-order valence-electron chi connectivity index (χ2n) is 5.35. The Morgan fingerprint density at radius 2 is 1.88 bits per heavy atom. The molecule has 0 aromatic heterocycles. The van der Waals surface area contributed by atoms with Gasteiger partial charge in [-0.1, -0.05) is 18.6 Å². The molecule has 1 aromatic rings. The van der Waals surface area contributed by atoms with Crippen LogP contribution in [0.1, 0.15) is 55.7 Å². The summed E-state index contributed by atoms with van der Waals surface area (Å²) in [4.78, 5) is 0. The quantitative estimate of drug-likeness (QED) is 0.847. The Hall–Kier alpha value is -1.02. The summed E-state index contributed by atoms with van der Waals surface area (Å²) >= 11 is 0. The first-order chi connectivity index (χ1) is 8.34. The highest BCUT2D eigenvalue weighted by Crippen LogP contribution is 2.36. The molecule has 2 nitrogen and oxygen atoms in total. The molecule has 2 heteroatoms. The van der Waals surface area contributed by atoms with Crippen LogP contribution < -0.4 is 10.5 Å². The van der Waals surface area contributed by atoms with Crippen LogP contribution in [0.3, 0.4) is 0 Å². The van der Waals surface area contributed by atoms with E-state index in [0.717, 1.165) is 18.6 Å². The fourth-order valence-corrected chi connectivity index (χ4v) is 3.13. The van der Waals surface area contributed by atoms with Crippen molar-refractivity contribution in [3.05, 3.63) is 29.3 Å². The number of rotatable bonds is 2. The minimum absolute atomic E-state index is 0.222. The Bertz CT molecular complexity index is 396. The number of hydrogen-bond acceptors (Lipinski definition) is 2. The minimum atomic E-state index is 0.222. The van der Waals surface area contributed by atoms with E-state index in [2.05, 4.69) is 18.2 Å². The summed E-state index contributed by atoms with van der Waals surface area (Å²) in [5.74, 6) is 1.10. The summed E-state index contributed by atoms with van der Waals surface area (Å²) in [6.45, 7) is 0. The first-order valence-electron chi connectivity index (χ1n) is 6.88. The van der Waals surface area contributed by atoms with Gasteiger partial charge < -0.3 is 10.5 Å². The van der Waals surface area contributed by atoms with Crippen LogP contribution in [0.4, 0.5) is 0 Å². The second-order valence-corrected chi connectivity index (χ2v) is 5.35. The molecule has 1 unspecified atom stereocenters. The van der Waals surface area contributed by atoms with E-state index >= 15 is 0 Å². The summed E-state index contributed by atoms with van der Waals surface area (Å²) in [6, 6.07) is 6.58. The van der Waals surface area contributed by atoms with Gasteiger partial charge in [-0.3, -0.25) is 0 Å². The maximum Gasteiger partial charge on any atom is 0.123 e. The van der Waals surface area contributed by atoms with Gasteiger partial charge >= 0.3 is 0 Å². The maximum atomic E-state index is 6.19. The van der Waals surface area contributed by atoms with Crippen LogP contribution in [0, 0.1) is 0 Å². The average molecular weight is 231 g/mol. The zero-order valence-electron chi connectivity index (χ0n) is 10.3. The van der Waals surface area contributed by atoms with E-state index in [4.69, 9.17) is 10.5 Å². The molecule has 3 rings (SSSR count). The van der Waals surface area contributed by atoms with E-state index in [1.807, 2.05) is 0 Å². The zero-order valence-corrected chi connectivity index (χ0v) is 10.3. The molecular weight excluding hydrogens is 210 g/mol. The van der Waals surface area contributed by atoms with E-state index in [9.17, 15) is 0 Å². The maximum absolute atomic E-state index is 6.19. The van der Waals surface area contributed by atoms with Crippen molar-refractivity contribution < 1.29 is 4.74 Å². The summed E-state index contributed by atoms with van der Waals surface area (Å²) in [5.41, 5.74) is 8.76. The Morgan fingerprint density at radius 1 is 1.06 bits per heavy atom. The highest BCUT2D eigenvalue weighted by molar-refractivity contribution is 5.45. The monoisotopic (exact) mass is 231 g/mol. The molecule has 0 aliphatic heterocycles. The van der Waals surface area contributed by atoms with Crippen LogP contribution in [0.15, 0.2) is 18.2 Å². The van der Waals surface area contributed by atoms with Crippen LogP contribution in [0.25, 0.3) is 0 Å². The normalized spacial score (nSPS) is 24.6. The fourth-order valence-electron chi connectivity index (χ4n) is 3.13. The highest BCUT2D eigenvalue weighted by Gasteiger charge is 2.24. The van der Waals surface area contributed by atoms with Crippen molar-refractivity contribution in [1.29, 1.82) is 0 Å². The Kier molecular flexibility index (Phi) is 3.06. The van der Waals surface area contributed by atoms with Crippen LogP contribution in [0.5, 0.6) is 5.75 Å². The Morgan fingerprint density at radius 3 is 2.71 bits per heavy atom. The van der Waals surface area contributed by atoms with Gasteiger partial charge in [-0.25, -0.2) is 0 Å². The lowest BCUT2D eigenvalue weighted by Gasteiger charge is -2.24. The molecule has 0 heterocycles. The molecule has 0 saturated heterocycles. The summed E-state index contributed by atoms with van der Waals surface area (Å²) in [5, 5.41) is 0. The first kappa shape index (κ1) is 11.1. The third kappa shape index (κ3) is 2.19. The predicted molar refractivity (Wildman–Crippen MR) is 69.2 cm³/mol. The molecule has 2 aliphatic rings. The SMILES string of the molecule is NC1CCc2c(OC3CCCCC3)cccc21. The van der Waals surface area contributed by atoms with Gasteiger partial charge in [-0.2, -0.15) is 0 Å². The van der Waals surface area contributed by atoms with Crippen molar-refractivity contribution in [3.8, 4) is 5.75 Å². The molecule has 2 N–H and O–H groups in total. The van der Waals surface area contributed by atoms with Crippen molar-refractivity contribution in [2.45, 2.75) is 57.1 Å². The topological polar surface area (TPSA) is 35.2 Å². The number of ether oxygens (including phenoxy) is 1. The molecule has 0 bridgehead atoms. The van der Waals surface area contributed by atoms with Crippen molar-refractivity contribution >= 4 is 0 Å². The third-order valence-corrected chi connectivity index (χ3v) is 4.12. The predicted octanol–water partition coefficient (Wildman–Crippen LogP) is 3.34. The van der Waals surface area contributed by atoms with Crippen LogP contribution in [-0.2, 0) is 6.42 Å². The summed E-state index contributed by atoms with van der Waals surface area (Å²) in [7, 11) is 0. The van der Waals surface area contributed by atoms with E-state index in [-0.39, 0.29) is 6.04 Å². The Balaban J connectivity index is 1.79. The van der Waals surface area contributed by atoms with Crippen LogP contribution in [-0.4, -0.2) is 6.10 Å². The van der Waals surface area contributed by atoms with Gasteiger partial charge in [0.15, 0.2) is 0 Å². The van der Waals surface area contributed by atoms with Gasteiger partial charge in [-0.15, -0.1) is 0 Å². The van der Waals surface area contributed by atoms with Crippen LogP contribution >= 0.6 is 0 Å². The summed E-state index contributed by atoms with van der Waals surface area (Å²) in [6.07, 6.45) is 9.04. The smallest absolute Gasteiger partial charge is 0.123 e. The molecule has 92 valence electrons. The second kappa shape index (κ2) is 4.69. The fraction of sp³-hybridized carbons (Fsp3) is 0.600. The molecule has 0 amide bonds. The third-order valence-electron chi connectivity index (χ3n) is 4.12. The Labute approximate surface area is 103 Å². The van der Waals surface area contributed by atoms with E-state index in [1.54, 1.807) is 0 Å². The van der Waals surface area contributed by atoms with E-state index in [0.29, 0.717) is 6.10 Å². The molecule has 0 spiro atoms. The molecule has 1 aromatic carbocycles. The molecule has 1 atom stereocenters. The molecule has 1 fully saturated rings. The van der Waals surface area contributed by atoms with Gasteiger partial charge in [-0.05, 0) is 55.7 Å². The van der Waals surface area contributed by atoms with Crippen molar-refractivity contribution in [2.75, 3.05) is 0 Å². The minimum Gasteiger partial charge on any atom is -0.490 e. The number of benzene rings is 1. The zero-order chi connectivity index (χ0) is 11.7. The largest absolute Gasteiger partial charge is 0.490 e. The molecular formula is C15H21NO. The van der Waals surface area contributed by atoms with Crippen molar-refractivity contribution in [1.82, 2.24) is 0 Å². The van der Waals surface area contributed by atoms with Crippen LogP contribution in [0.2, 0.25) is 0 Å². The van der Waals surface area contributed by atoms with E-state index in [1.165, 1.54) is 43.2 Å². The number of nitrogens with two attached hydrogens (primary N) is 1. The van der Waals surface area contributed by atoms with Gasteiger partial charge in [0.05, 0.1) is 6.10 Å². The molecule has 0 radical (unpaired) electrons. The van der Waals surface area contributed by atoms with Gasteiger partial charge in [0, 0.05) is 6.04 Å². The number of hydrogen-bond donors (Lipinski definition) is 1. The lowest BCUT2D eigenvalue weighted by Crippen LogP contribution is -2.20. The highest BCUT2D eigenvalue weighted by atomic mass is 16.5. The lowest BCUT2D eigenvalue weighted by atomic mass is 9.97. The van der Waals surface area contributed by atoms with Crippen molar-refractivity contribution in [2.24, 2.45) is 5.73 Å². The molecule has 1 saturated carbocycles. The van der Waals surface area contributed by atoms with Gasteiger partial charge in [0.25, 0.3) is 0 Å². The molecule has 17 heavy (non-hydrogen) atoms. The standard InChI is InChI=1S/C15H21NO/c16-14-10-9-13-12(14)7-4-8-15(13)17-11-5-2-1-3-6-11/h4,7-8,11,14H,1-3,5-6,9-10,16H2.